The predicted octanol–water partition coefficient (Wildman–Crippen LogP) is 5.51. The molecule has 0 aliphatic rings. The first kappa shape index (κ1) is 20.9. The molecule has 160 valence electrons. The van der Waals surface area contributed by atoms with E-state index in [1.165, 1.54) is 13.2 Å². The number of nitrogens with one attached hydrogen (secondary N) is 1. The van der Waals surface area contributed by atoms with Crippen LogP contribution in [0.4, 0.5) is 16.0 Å². The molecule has 31 heavy (non-hydrogen) atoms. The first-order valence-corrected chi connectivity index (χ1v) is 10.0. The van der Waals surface area contributed by atoms with Crippen molar-refractivity contribution >= 4 is 34.2 Å². The van der Waals surface area contributed by atoms with Crippen molar-refractivity contribution in [1.82, 2.24) is 9.55 Å². The zero-order valence-corrected chi connectivity index (χ0v) is 18.3. The van der Waals surface area contributed by atoms with Gasteiger partial charge in [-0.2, -0.15) is 4.98 Å². The Balaban J connectivity index is 1.81. The summed E-state index contributed by atoms with van der Waals surface area (Å²) in [6.07, 6.45) is 1.57. The lowest BCUT2D eigenvalue weighted by Gasteiger charge is -2.18. The molecule has 0 amide bonds. The van der Waals surface area contributed by atoms with E-state index >= 15 is 0 Å². The average molecular weight is 442 g/mol. The average Bonchev–Trinajstić information content (AvgIpc) is 3.09. The second kappa shape index (κ2) is 8.07. The van der Waals surface area contributed by atoms with Crippen molar-refractivity contribution in [3.05, 3.63) is 80.2 Å². The van der Waals surface area contributed by atoms with Gasteiger partial charge >= 0.3 is 5.56 Å². The van der Waals surface area contributed by atoms with Crippen LogP contribution in [-0.4, -0.2) is 16.7 Å². The van der Waals surface area contributed by atoms with Crippen LogP contribution < -0.4 is 15.6 Å². The van der Waals surface area contributed by atoms with Gasteiger partial charge in [-0.3, -0.25) is 4.79 Å². The second-order valence-electron chi connectivity index (χ2n) is 7.40. The normalized spacial score (nSPS) is 11.2. The van der Waals surface area contributed by atoms with Gasteiger partial charge in [-0.1, -0.05) is 17.7 Å². The topological polar surface area (TPSA) is 69.3 Å². The highest BCUT2D eigenvalue weighted by molar-refractivity contribution is 6.30. The van der Waals surface area contributed by atoms with Crippen LogP contribution in [0.3, 0.4) is 0 Å². The minimum atomic E-state index is -0.492. The first-order valence-electron chi connectivity index (χ1n) is 9.63. The number of halogens is 2. The summed E-state index contributed by atoms with van der Waals surface area (Å²) in [5.74, 6) is 0.766. The van der Waals surface area contributed by atoms with Crippen LogP contribution in [0.5, 0.6) is 5.75 Å². The van der Waals surface area contributed by atoms with Gasteiger partial charge in [0.1, 0.15) is 17.2 Å². The smallest absolute Gasteiger partial charge is 0.316 e. The maximum atomic E-state index is 13.6. The van der Waals surface area contributed by atoms with Crippen molar-refractivity contribution in [3.63, 3.8) is 0 Å². The SMILES string of the molecule is COc1cn(Cc2ccc(F)c(Cl)c2)c(Nc2c(C)cc3oc(C)cc3c2C)nc1=O. The number of aromatic nitrogens is 2. The number of furan rings is 1. The molecule has 0 bridgehead atoms. The van der Waals surface area contributed by atoms with Crippen molar-refractivity contribution in [3.8, 4) is 5.75 Å². The highest BCUT2D eigenvalue weighted by Crippen LogP contribution is 2.33. The van der Waals surface area contributed by atoms with Crippen LogP contribution in [0.2, 0.25) is 5.02 Å². The molecule has 0 fully saturated rings. The second-order valence-corrected chi connectivity index (χ2v) is 7.81. The number of benzene rings is 2. The van der Waals surface area contributed by atoms with Crippen LogP contribution in [0, 0.1) is 26.6 Å². The first-order chi connectivity index (χ1) is 14.8. The fraction of sp³-hybridized carbons (Fsp3) is 0.217. The number of nitrogens with zero attached hydrogens (tertiary/aromatic N) is 2. The van der Waals surface area contributed by atoms with Crippen LogP contribution in [0.15, 0.2) is 45.7 Å². The molecule has 4 aromatic rings. The lowest BCUT2D eigenvalue weighted by atomic mass is 10.0. The number of hydrogen-bond acceptors (Lipinski definition) is 5. The zero-order valence-electron chi connectivity index (χ0n) is 17.5. The summed E-state index contributed by atoms with van der Waals surface area (Å²) in [6, 6.07) is 8.41. The number of fused-ring (bicyclic) bond motifs is 1. The Morgan fingerprint density at radius 3 is 2.71 bits per heavy atom. The Labute approximate surface area is 183 Å². The number of anilines is 2. The number of methoxy groups -OCH3 is 1. The molecule has 8 heteroatoms. The molecular weight excluding hydrogens is 421 g/mol. The zero-order chi connectivity index (χ0) is 22.3. The third-order valence-electron chi connectivity index (χ3n) is 5.16. The Morgan fingerprint density at radius 2 is 2.00 bits per heavy atom. The summed E-state index contributed by atoms with van der Waals surface area (Å²) >= 11 is 5.93. The monoisotopic (exact) mass is 441 g/mol. The molecule has 0 aliphatic heterocycles. The van der Waals surface area contributed by atoms with Crippen LogP contribution >= 0.6 is 11.6 Å². The maximum Gasteiger partial charge on any atom is 0.316 e. The summed E-state index contributed by atoms with van der Waals surface area (Å²) in [5, 5.41) is 4.31. The minimum Gasteiger partial charge on any atom is -0.490 e. The summed E-state index contributed by atoms with van der Waals surface area (Å²) < 4.78 is 26.2. The van der Waals surface area contributed by atoms with Gasteiger partial charge < -0.3 is 19.0 Å². The van der Waals surface area contributed by atoms with Gasteiger partial charge in [0.25, 0.3) is 0 Å². The predicted molar refractivity (Wildman–Crippen MR) is 119 cm³/mol. The Bertz CT molecular complexity index is 1360. The van der Waals surface area contributed by atoms with Gasteiger partial charge in [-0.25, -0.2) is 4.39 Å². The molecule has 1 N–H and O–H groups in total. The summed E-state index contributed by atoms with van der Waals surface area (Å²) in [4.78, 5) is 16.6. The standard InChI is InChI=1S/C23H21ClFN3O3/c1-12-7-19-16(8-13(2)31-19)14(3)21(12)26-23-27-22(29)20(30-4)11-28(23)10-15-5-6-18(25)17(24)9-15/h5-9,11H,10H2,1-4H3,(H,26,27,29). The molecule has 0 saturated carbocycles. The largest absolute Gasteiger partial charge is 0.490 e. The fourth-order valence-electron chi connectivity index (χ4n) is 3.60. The van der Waals surface area contributed by atoms with Crippen molar-refractivity contribution in [2.75, 3.05) is 12.4 Å². The van der Waals surface area contributed by atoms with Crippen molar-refractivity contribution in [1.29, 1.82) is 0 Å². The minimum absolute atomic E-state index is 0.0282. The molecule has 2 aromatic carbocycles. The Morgan fingerprint density at radius 1 is 1.23 bits per heavy atom. The van der Waals surface area contributed by atoms with E-state index in [0.717, 1.165) is 39.1 Å². The van der Waals surface area contributed by atoms with E-state index in [1.807, 2.05) is 32.9 Å². The third-order valence-corrected chi connectivity index (χ3v) is 5.45. The number of ether oxygens (including phenoxy) is 1. The summed E-state index contributed by atoms with van der Waals surface area (Å²) in [5.41, 5.74) is 3.81. The van der Waals surface area contributed by atoms with E-state index in [1.54, 1.807) is 22.9 Å². The van der Waals surface area contributed by atoms with Gasteiger partial charge in [-0.15, -0.1) is 0 Å². The van der Waals surface area contributed by atoms with Crippen LogP contribution in [-0.2, 0) is 6.54 Å². The summed E-state index contributed by atoms with van der Waals surface area (Å²) in [6.45, 7) is 6.15. The van der Waals surface area contributed by atoms with Crippen molar-refractivity contribution in [2.45, 2.75) is 27.3 Å². The van der Waals surface area contributed by atoms with Gasteiger partial charge in [0.05, 0.1) is 24.9 Å². The highest BCUT2D eigenvalue weighted by Gasteiger charge is 2.16. The molecule has 4 rings (SSSR count). The molecule has 0 atom stereocenters. The lowest BCUT2D eigenvalue weighted by Crippen LogP contribution is -2.19. The molecule has 0 radical (unpaired) electrons. The molecule has 0 spiro atoms. The van der Waals surface area contributed by atoms with E-state index in [0.29, 0.717) is 12.5 Å². The molecule has 0 aliphatic carbocycles. The van der Waals surface area contributed by atoms with E-state index in [9.17, 15) is 9.18 Å². The van der Waals surface area contributed by atoms with E-state index in [2.05, 4.69) is 10.3 Å². The quantitative estimate of drug-likeness (QED) is 0.442. The Hall–Kier alpha value is -3.32. The van der Waals surface area contributed by atoms with Crippen LogP contribution in [0.25, 0.3) is 11.0 Å². The van der Waals surface area contributed by atoms with Crippen molar-refractivity contribution < 1.29 is 13.5 Å². The van der Waals surface area contributed by atoms with E-state index < -0.39 is 11.4 Å². The Kier molecular flexibility index (Phi) is 5.45. The van der Waals surface area contributed by atoms with Gasteiger partial charge in [0.15, 0.2) is 0 Å². The molecule has 0 saturated heterocycles. The summed E-state index contributed by atoms with van der Waals surface area (Å²) in [7, 11) is 1.41. The van der Waals surface area contributed by atoms with Crippen molar-refractivity contribution in [2.24, 2.45) is 0 Å². The number of rotatable bonds is 5. The number of hydrogen-bond donors (Lipinski definition) is 1. The number of aryl methyl sites for hydroxylation is 3. The molecule has 6 nitrogen and oxygen atoms in total. The maximum absolute atomic E-state index is 13.6. The van der Waals surface area contributed by atoms with Crippen LogP contribution in [0.1, 0.15) is 22.5 Å². The molecule has 2 heterocycles. The third kappa shape index (κ3) is 4.01. The fourth-order valence-corrected chi connectivity index (χ4v) is 3.81. The van der Waals surface area contributed by atoms with Gasteiger partial charge in [-0.05, 0) is 61.7 Å². The van der Waals surface area contributed by atoms with Gasteiger partial charge in [0, 0.05) is 11.1 Å². The van der Waals surface area contributed by atoms with Gasteiger partial charge in [0.2, 0.25) is 11.7 Å². The molecule has 2 aromatic heterocycles. The lowest BCUT2D eigenvalue weighted by molar-refractivity contribution is 0.402. The highest BCUT2D eigenvalue weighted by atomic mass is 35.5. The molecule has 0 unspecified atom stereocenters. The molecular formula is C23H21ClFN3O3. The van der Waals surface area contributed by atoms with E-state index in [-0.39, 0.29) is 10.8 Å². The van der Waals surface area contributed by atoms with E-state index in [4.69, 9.17) is 20.8 Å².